The van der Waals surface area contributed by atoms with Crippen molar-refractivity contribution in [1.29, 1.82) is 0 Å². The van der Waals surface area contributed by atoms with Crippen LogP contribution in [0, 0.1) is 23.7 Å². The van der Waals surface area contributed by atoms with E-state index in [1.807, 2.05) is 6.92 Å². The molecule has 0 unspecified atom stereocenters. The summed E-state index contributed by atoms with van der Waals surface area (Å²) >= 11 is 0. The van der Waals surface area contributed by atoms with Crippen molar-refractivity contribution >= 4 is 5.97 Å². The zero-order valence-electron chi connectivity index (χ0n) is 18.3. The Labute approximate surface area is 187 Å². The molecule has 4 nitrogen and oxygen atoms in total. The fourth-order valence-corrected chi connectivity index (χ4v) is 4.74. The Bertz CT molecular complexity index is 863. The van der Waals surface area contributed by atoms with Gasteiger partial charge in [-0.1, -0.05) is 30.6 Å². The van der Waals surface area contributed by atoms with E-state index in [2.05, 4.69) is 23.3 Å². The van der Waals surface area contributed by atoms with Crippen LogP contribution in [0.2, 0.25) is 0 Å². The molecule has 0 aromatic heterocycles. The van der Waals surface area contributed by atoms with Gasteiger partial charge in [-0.15, -0.1) is 0 Å². The van der Waals surface area contributed by atoms with Crippen LogP contribution in [0.4, 0.5) is 13.2 Å². The van der Waals surface area contributed by atoms with Gasteiger partial charge in [-0.05, 0) is 67.7 Å². The third-order valence-electron chi connectivity index (χ3n) is 6.34. The molecule has 0 aliphatic carbocycles. The van der Waals surface area contributed by atoms with Crippen LogP contribution in [0.1, 0.15) is 56.2 Å². The summed E-state index contributed by atoms with van der Waals surface area (Å²) in [5, 5.41) is 9.29. The molecule has 1 aromatic carbocycles. The highest BCUT2D eigenvalue weighted by Gasteiger charge is 2.38. The van der Waals surface area contributed by atoms with Crippen LogP contribution < -0.4 is 0 Å². The quantitative estimate of drug-likeness (QED) is 0.619. The highest BCUT2D eigenvalue weighted by atomic mass is 19.4. The van der Waals surface area contributed by atoms with E-state index in [1.54, 1.807) is 0 Å². The molecule has 2 aliphatic rings. The van der Waals surface area contributed by atoms with E-state index in [-0.39, 0.29) is 30.3 Å². The van der Waals surface area contributed by atoms with E-state index in [0.29, 0.717) is 26.2 Å². The van der Waals surface area contributed by atoms with Crippen molar-refractivity contribution in [1.82, 2.24) is 4.90 Å². The number of halogens is 3. The van der Waals surface area contributed by atoms with Crippen molar-refractivity contribution < 1.29 is 27.8 Å². The zero-order valence-corrected chi connectivity index (χ0v) is 18.3. The number of carboxylic acids is 1. The molecule has 0 bridgehead atoms. The molecule has 0 amide bonds. The van der Waals surface area contributed by atoms with Gasteiger partial charge in [-0.2, -0.15) is 13.2 Å². The lowest BCUT2D eigenvalue weighted by Gasteiger charge is -2.45. The highest BCUT2D eigenvalue weighted by Crippen LogP contribution is 2.40. The zero-order chi connectivity index (χ0) is 23.3. The van der Waals surface area contributed by atoms with Gasteiger partial charge in [0.15, 0.2) is 0 Å². The number of carbonyl (C=O) groups is 1. The van der Waals surface area contributed by atoms with Crippen LogP contribution in [0.3, 0.4) is 0 Å². The molecule has 3 rings (SSSR count). The number of nitrogens with zero attached hydrogens (tertiary/aromatic N) is 1. The Morgan fingerprint density at radius 1 is 1.25 bits per heavy atom. The Hall–Kier alpha value is -2.30. The van der Waals surface area contributed by atoms with Gasteiger partial charge in [0, 0.05) is 32.2 Å². The SMILES string of the molecule is C=C(C)C#C[C@H](C1CCOCC1)N1CC[C@H](CC(=O)O)C[C@H]1c1ccc(C(F)(F)F)cc1. The number of carboxylic acid groups (broad SMARTS) is 1. The van der Waals surface area contributed by atoms with Crippen LogP contribution in [0.5, 0.6) is 0 Å². The number of allylic oxidation sites excluding steroid dienone is 1. The molecule has 3 atom stereocenters. The predicted octanol–water partition coefficient (Wildman–Crippen LogP) is 5.31. The number of hydrogen-bond acceptors (Lipinski definition) is 3. The van der Waals surface area contributed by atoms with E-state index >= 15 is 0 Å². The number of likely N-dealkylation sites (tertiary alicyclic amines) is 1. The molecule has 2 saturated heterocycles. The standard InChI is InChI=1S/C25H30F3NO3/c1-17(2)3-8-22(20-10-13-32-14-11-20)29-12-9-18(16-24(30)31)15-23(29)19-4-6-21(7-5-19)25(26,27)28/h4-7,18,20,22-23H,1,9-16H2,2H3,(H,30,31)/t18-,22+,23-/m0/s1. The molecule has 2 fully saturated rings. The summed E-state index contributed by atoms with van der Waals surface area (Å²) in [6.45, 7) is 7.71. The normalized spacial score (nSPS) is 23.8. The van der Waals surface area contributed by atoms with Gasteiger partial charge in [-0.3, -0.25) is 9.69 Å². The van der Waals surface area contributed by atoms with Gasteiger partial charge in [0.25, 0.3) is 0 Å². The van der Waals surface area contributed by atoms with Crippen molar-refractivity contribution in [3.8, 4) is 11.8 Å². The number of benzene rings is 1. The molecule has 2 aliphatic heterocycles. The van der Waals surface area contributed by atoms with E-state index in [9.17, 15) is 23.1 Å². The van der Waals surface area contributed by atoms with Gasteiger partial charge in [0.05, 0.1) is 11.6 Å². The predicted molar refractivity (Wildman–Crippen MR) is 116 cm³/mol. The summed E-state index contributed by atoms with van der Waals surface area (Å²) in [6, 6.07) is 4.99. The first-order valence-electron chi connectivity index (χ1n) is 11.0. The van der Waals surface area contributed by atoms with Crippen LogP contribution in [-0.2, 0) is 15.7 Å². The summed E-state index contributed by atoms with van der Waals surface area (Å²) < 4.78 is 44.8. The summed E-state index contributed by atoms with van der Waals surface area (Å²) in [4.78, 5) is 13.6. The van der Waals surface area contributed by atoms with E-state index in [4.69, 9.17) is 4.74 Å². The average molecular weight is 450 g/mol. The Balaban J connectivity index is 1.95. The van der Waals surface area contributed by atoms with Crippen molar-refractivity contribution in [3.05, 3.63) is 47.5 Å². The van der Waals surface area contributed by atoms with Crippen LogP contribution in [0.25, 0.3) is 0 Å². The Kier molecular flexibility index (Phi) is 8.02. The summed E-state index contributed by atoms with van der Waals surface area (Å²) in [5.74, 6) is 5.89. The number of ether oxygens (including phenoxy) is 1. The third kappa shape index (κ3) is 6.36. The molecule has 0 radical (unpaired) electrons. The first-order chi connectivity index (χ1) is 15.1. The first-order valence-corrected chi connectivity index (χ1v) is 11.0. The molecule has 1 aromatic rings. The number of piperidine rings is 1. The van der Waals surface area contributed by atoms with E-state index in [0.717, 1.165) is 42.5 Å². The van der Waals surface area contributed by atoms with Crippen molar-refractivity contribution in [2.45, 2.75) is 57.3 Å². The van der Waals surface area contributed by atoms with Crippen molar-refractivity contribution in [2.24, 2.45) is 11.8 Å². The molecule has 2 heterocycles. The minimum absolute atomic E-state index is 0.0273. The maximum Gasteiger partial charge on any atom is 0.416 e. The highest BCUT2D eigenvalue weighted by molar-refractivity contribution is 5.67. The minimum Gasteiger partial charge on any atom is -0.481 e. The Morgan fingerprint density at radius 2 is 1.91 bits per heavy atom. The first kappa shape index (κ1) is 24.3. The lowest BCUT2D eigenvalue weighted by atomic mass is 9.81. The third-order valence-corrected chi connectivity index (χ3v) is 6.34. The number of aliphatic carboxylic acids is 1. The maximum absolute atomic E-state index is 13.1. The molecular formula is C25H30F3NO3. The number of rotatable bonds is 5. The largest absolute Gasteiger partial charge is 0.481 e. The van der Waals surface area contributed by atoms with E-state index in [1.165, 1.54) is 12.1 Å². The fourth-order valence-electron chi connectivity index (χ4n) is 4.74. The fraction of sp³-hybridized carbons (Fsp3) is 0.560. The Morgan fingerprint density at radius 3 is 2.47 bits per heavy atom. The molecule has 0 spiro atoms. The second-order valence-corrected chi connectivity index (χ2v) is 8.81. The topological polar surface area (TPSA) is 49.8 Å². The van der Waals surface area contributed by atoms with Crippen molar-refractivity contribution in [3.63, 3.8) is 0 Å². The summed E-state index contributed by atoms with van der Waals surface area (Å²) in [6.07, 6.45) is -1.31. The monoisotopic (exact) mass is 449 g/mol. The van der Waals surface area contributed by atoms with Crippen LogP contribution in [0.15, 0.2) is 36.4 Å². The molecular weight excluding hydrogens is 419 g/mol. The van der Waals surface area contributed by atoms with Gasteiger partial charge < -0.3 is 9.84 Å². The van der Waals surface area contributed by atoms with Gasteiger partial charge in [0.2, 0.25) is 0 Å². The average Bonchev–Trinajstić information content (AvgIpc) is 2.74. The van der Waals surface area contributed by atoms with Crippen molar-refractivity contribution in [2.75, 3.05) is 19.8 Å². The van der Waals surface area contributed by atoms with Gasteiger partial charge in [-0.25, -0.2) is 0 Å². The molecule has 0 saturated carbocycles. The van der Waals surface area contributed by atoms with E-state index < -0.39 is 17.7 Å². The molecule has 7 heteroatoms. The van der Waals surface area contributed by atoms with Gasteiger partial charge in [0.1, 0.15) is 0 Å². The second kappa shape index (κ2) is 10.5. The molecule has 174 valence electrons. The second-order valence-electron chi connectivity index (χ2n) is 8.81. The lowest BCUT2D eigenvalue weighted by molar-refractivity contribution is -0.139. The minimum atomic E-state index is -4.39. The van der Waals surface area contributed by atoms with Crippen LogP contribution in [-0.4, -0.2) is 41.8 Å². The molecule has 32 heavy (non-hydrogen) atoms. The maximum atomic E-state index is 13.1. The van der Waals surface area contributed by atoms with Gasteiger partial charge >= 0.3 is 12.1 Å². The summed E-state index contributed by atoms with van der Waals surface area (Å²) in [5.41, 5.74) is 0.838. The van der Waals surface area contributed by atoms with Crippen LogP contribution >= 0.6 is 0 Å². The number of hydrogen-bond donors (Lipinski definition) is 1. The number of alkyl halides is 3. The summed E-state index contributed by atoms with van der Waals surface area (Å²) in [7, 11) is 0. The molecule has 1 N–H and O–H groups in total. The smallest absolute Gasteiger partial charge is 0.416 e. The lowest BCUT2D eigenvalue weighted by Crippen LogP contribution is -2.47.